The highest BCUT2D eigenvalue weighted by Gasteiger charge is 2.26. The van der Waals surface area contributed by atoms with Crippen molar-refractivity contribution in [2.45, 2.75) is 46.1 Å². The largest absolute Gasteiger partial charge is 0.480 e. The van der Waals surface area contributed by atoms with E-state index in [-0.39, 0.29) is 12.0 Å². The Morgan fingerprint density at radius 2 is 2.00 bits per heavy atom. The Morgan fingerprint density at radius 1 is 1.32 bits per heavy atom. The molecule has 3 heteroatoms. The van der Waals surface area contributed by atoms with E-state index < -0.39 is 0 Å². The second-order valence-electron chi connectivity index (χ2n) is 5.32. The fourth-order valence-corrected chi connectivity index (χ4v) is 2.44. The number of ether oxygens (including phenoxy) is 1. The molecule has 1 fully saturated rings. The molecule has 0 radical (unpaired) electrons. The van der Waals surface area contributed by atoms with Crippen molar-refractivity contribution < 1.29 is 9.53 Å². The van der Waals surface area contributed by atoms with Crippen molar-refractivity contribution in [3.8, 4) is 5.75 Å². The number of aryl methyl sites for hydroxylation is 2. The summed E-state index contributed by atoms with van der Waals surface area (Å²) in [6.07, 6.45) is 2.60. The fourth-order valence-electron chi connectivity index (χ4n) is 2.44. The molecule has 1 atom stereocenters. The van der Waals surface area contributed by atoms with Gasteiger partial charge in [-0.05, 0) is 50.3 Å². The van der Waals surface area contributed by atoms with Crippen molar-refractivity contribution >= 4 is 5.91 Å². The first-order valence-electron chi connectivity index (χ1n) is 7.14. The van der Waals surface area contributed by atoms with E-state index in [4.69, 9.17) is 4.74 Å². The van der Waals surface area contributed by atoms with Crippen molar-refractivity contribution in [3.05, 3.63) is 29.3 Å². The summed E-state index contributed by atoms with van der Waals surface area (Å²) < 4.78 is 5.96. The Hall–Kier alpha value is -1.51. The zero-order valence-electron chi connectivity index (χ0n) is 12.1. The van der Waals surface area contributed by atoms with Gasteiger partial charge in [-0.3, -0.25) is 4.79 Å². The maximum atomic E-state index is 12.4. The Bertz CT molecular complexity index is 450. The minimum absolute atomic E-state index is 0.140. The number of hydrogen-bond donors (Lipinski definition) is 0. The SMILES string of the molecule is CCC(Oc1cc(C)ccc1C)C(=O)N1CCCC1. The lowest BCUT2D eigenvalue weighted by Crippen LogP contribution is -2.40. The number of carbonyl (C=O) groups is 1. The minimum Gasteiger partial charge on any atom is -0.480 e. The molecule has 1 unspecified atom stereocenters. The number of likely N-dealkylation sites (tertiary alicyclic amines) is 1. The number of rotatable bonds is 4. The van der Waals surface area contributed by atoms with Crippen LogP contribution in [0.15, 0.2) is 18.2 Å². The summed E-state index contributed by atoms with van der Waals surface area (Å²) in [5, 5.41) is 0. The Balaban J connectivity index is 2.09. The highest BCUT2D eigenvalue weighted by atomic mass is 16.5. The summed E-state index contributed by atoms with van der Waals surface area (Å²) in [5.74, 6) is 0.973. The zero-order chi connectivity index (χ0) is 13.8. The van der Waals surface area contributed by atoms with Crippen LogP contribution in [0, 0.1) is 13.8 Å². The van der Waals surface area contributed by atoms with E-state index in [1.807, 2.05) is 37.8 Å². The monoisotopic (exact) mass is 261 g/mol. The van der Waals surface area contributed by atoms with Gasteiger partial charge < -0.3 is 9.64 Å². The van der Waals surface area contributed by atoms with Crippen LogP contribution in [0.2, 0.25) is 0 Å². The smallest absolute Gasteiger partial charge is 0.263 e. The molecule has 1 aromatic carbocycles. The van der Waals surface area contributed by atoms with E-state index in [9.17, 15) is 4.79 Å². The van der Waals surface area contributed by atoms with E-state index in [0.29, 0.717) is 6.42 Å². The third kappa shape index (κ3) is 3.28. The molecule has 0 N–H and O–H groups in total. The molecule has 1 amide bonds. The maximum absolute atomic E-state index is 12.4. The molecule has 0 saturated carbocycles. The molecule has 0 bridgehead atoms. The second-order valence-corrected chi connectivity index (χ2v) is 5.32. The average Bonchev–Trinajstić information content (AvgIpc) is 2.93. The Kier molecular flexibility index (Phi) is 4.46. The number of nitrogens with zero attached hydrogens (tertiary/aromatic N) is 1. The molecule has 0 aromatic heterocycles. The highest BCUT2D eigenvalue weighted by molar-refractivity contribution is 5.81. The molecule has 1 aromatic rings. The number of amides is 1. The Morgan fingerprint density at radius 3 is 2.63 bits per heavy atom. The van der Waals surface area contributed by atoms with Crippen LogP contribution in [0.4, 0.5) is 0 Å². The van der Waals surface area contributed by atoms with E-state index in [2.05, 4.69) is 6.07 Å². The summed E-state index contributed by atoms with van der Waals surface area (Å²) in [5.41, 5.74) is 2.24. The summed E-state index contributed by atoms with van der Waals surface area (Å²) in [7, 11) is 0. The number of benzene rings is 1. The molecule has 2 rings (SSSR count). The molecule has 0 spiro atoms. The van der Waals surface area contributed by atoms with Crippen LogP contribution in [0.5, 0.6) is 5.75 Å². The molecular weight excluding hydrogens is 238 g/mol. The summed E-state index contributed by atoms with van der Waals surface area (Å²) in [6, 6.07) is 6.11. The third-order valence-electron chi connectivity index (χ3n) is 3.68. The molecule has 1 heterocycles. The van der Waals surface area contributed by atoms with Gasteiger partial charge in [0.25, 0.3) is 5.91 Å². The van der Waals surface area contributed by atoms with Crippen molar-refractivity contribution in [2.24, 2.45) is 0 Å². The summed E-state index contributed by atoms with van der Waals surface area (Å²) in [6.45, 7) is 7.82. The molecule has 1 aliphatic rings. The normalized spacial score (nSPS) is 16.5. The van der Waals surface area contributed by atoms with Crippen LogP contribution in [-0.2, 0) is 4.79 Å². The lowest BCUT2D eigenvalue weighted by molar-refractivity contribution is -0.137. The van der Waals surface area contributed by atoms with Crippen LogP contribution in [0.1, 0.15) is 37.3 Å². The van der Waals surface area contributed by atoms with Crippen LogP contribution in [-0.4, -0.2) is 30.0 Å². The van der Waals surface area contributed by atoms with Gasteiger partial charge >= 0.3 is 0 Å². The van der Waals surface area contributed by atoms with Gasteiger partial charge in [0.2, 0.25) is 0 Å². The summed E-state index contributed by atoms with van der Waals surface area (Å²) >= 11 is 0. The van der Waals surface area contributed by atoms with Crippen molar-refractivity contribution in [1.29, 1.82) is 0 Å². The molecule has 3 nitrogen and oxygen atoms in total. The van der Waals surface area contributed by atoms with E-state index in [1.54, 1.807) is 0 Å². The summed E-state index contributed by atoms with van der Waals surface area (Å²) in [4.78, 5) is 14.3. The number of hydrogen-bond acceptors (Lipinski definition) is 2. The molecule has 0 aliphatic carbocycles. The predicted octanol–water partition coefficient (Wildman–Crippen LogP) is 3.08. The third-order valence-corrected chi connectivity index (χ3v) is 3.68. The maximum Gasteiger partial charge on any atom is 0.263 e. The molecule has 19 heavy (non-hydrogen) atoms. The van der Waals surface area contributed by atoms with Gasteiger partial charge in [0.15, 0.2) is 6.10 Å². The van der Waals surface area contributed by atoms with E-state index in [0.717, 1.165) is 42.8 Å². The standard InChI is InChI=1S/C16H23NO2/c1-4-14(16(18)17-9-5-6-10-17)19-15-11-12(2)7-8-13(15)3/h7-8,11,14H,4-6,9-10H2,1-3H3. The van der Waals surface area contributed by atoms with Crippen molar-refractivity contribution in [1.82, 2.24) is 4.90 Å². The zero-order valence-corrected chi connectivity index (χ0v) is 12.1. The number of carbonyl (C=O) groups excluding carboxylic acids is 1. The topological polar surface area (TPSA) is 29.5 Å². The van der Waals surface area contributed by atoms with Gasteiger partial charge in [-0.25, -0.2) is 0 Å². The quantitative estimate of drug-likeness (QED) is 0.833. The van der Waals surface area contributed by atoms with Crippen molar-refractivity contribution in [3.63, 3.8) is 0 Å². The van der Waals surface area contributed by atoms with Crippen LogP contribution >= 0.6 is 0 Å². The molecular formula is C16H23NO2. The van der Waals surface area contributed by atoms with Crippen LogP contribution in [0.3, 0.4) is 0 Å². The van der Waals surface area contributed by atoms with Gasteiger partial charge in [0.1, 0.15) is 5.75 Å². The van der Waals surface area contributed by atoms with Gasteiger partial charge in [0, 0.05) is 13.1 Å². The Labute approximate surface area is 115 Å². The molecule has 1 saturated heterocycles. The predicted molar refractivity (Wildman–Crippen MR) is 76.4 cm³/mol. The van der Waals surface area contributed by atoms with Crippen LogP contribution < -0.4 is 4.74 Å². The van der Waals surface area contributed by atoms with E-state index in [1.165, 1.54) is 0 Å². The van der Waals surface area contributed by atoms with Gasteiger partial charge in [0.05, 0.1) is 0 Å². The first kappa shape index (κ1) is 13.9. The molecule has 1 aliphatic heterocycles. The fraction of sp³-hybridized carbons (Fsp3) is 0.562. The second kappa shape index (κ2) is 6.09. The van der Waals surface area contributed by atoms with Crippen LogP contribution in [0.25, 0.3) is 0 Å². The first-order valence-corrected chi connectivity index (χ1v) is 7.14. The van der Waals surface area contributed by atoms with E-state index >= 15 is 0 Å². The van der Waals surface area contributed by atoms with Gasteiger partial charge in [-0.1, -0.05) is 19.1 Å². The van der Waals surface area contributed by atoms with Gasteiger partial charge in [-0.2, -0.15) is 0 Å². The first-order chi connectivity index (χ1) is 9.11. The van der Waals surface area contributed by atoms with Crippen molar-refractivity contribution in [2.75, 3.05) is 13.1 Å². The lowest BCUT2D eigenvalue weighted by atomic mass is 10.1. The average molecular weight is 261 g/mol. The van der Waals surface area contributed by atoms with Gasteiger partial charge in [-0.15, -0.1) is 0 Å². The minimum atomic E-state index is -0.349. The highest BCUT2D eigenvalue weighted by Crippen LogP contribution is 2.22. The molecule has 104 valence electrons. The lowest BCUT2D eigenvalue weighted by Gasteiger charge is -2.24.